The molecule has 1 saturated heterocycles. The van der Waals surface area contributed by atoms with Crippen molar-refractivity contribution in [2.45, 2.75) is 17.6 Å². The summed E-state index contributed by atoms with van der Waals surface area (Å²) in [5, 5.41) is 9.22. The first kappa shape index (κ1) is 26.5. The third-order valence-electron chi connectivity index (χ3n) is 5.02. The van der Waals surface area contributed by atoms with Gasteiger partial charge in [0.05, 0.1) is 4.21 Å². The molecule has 2 aromatic rings. The Hall–Kier alpha value is -1.56. The first-order valence-electron chi connectivity index (χ1n) is 9.22. The largest absolute Gasteiger partial charge is 0.336 e. The highest BCUT2D eigenvalue weighted by molar-refractivity contribution is 8.00. The van der Waals surface area contributed by atoms with E-state index >= 15 is 0 Å². The summed E-state index contributed by atoms with van der Waals surface area (Å²) in [6, 6.07) is 11.5. The summed E-state index contributed by atoms with van der Waals surface area (Å²) in [7, 11) is 0. The number of thioether (sulfide) groups is 1. The summed E-state index contributed by atoms with van der Waals surface area (Å²) in [6.07, 6.45) is 2.37. The summed E-state index contributed by atoms with van der Waals surface area (Å²) in [5.41, 5.74) is 2.24. The number of benzene rings is 1. The molecule has 1 aromatic carbocycles. The van der Waals surface area contributed by atoms with Crippen LogP contribution in [0.15, 0.2) is 34.5 Å². The molecule has 0 spiro atoms. The van der Waals surface area contributed by atoms with Gasteiger partial charge in [0.1, 0.15) is 10.9 Å². The fourth-order valence-corrected chi connectivity index (χ4v) is 5.29. The Bertz CT molecular complexity index is 905. The molecule has 1 aliphatic rings. The number of carbonyl (C=O) groups is 2. The quantitative estimate of drug-likeness (QED) is 0.444. The molecule has 1 aromatic heterocycles. The number of ketones is 1. The van der Waals surface area contributed by atoms with Gasteiger partial charge in [-0.05, 0) is 30.9 Å². The second-order valence-electron chi connectivity index (χ2n) is 6.71. The lowest BCUT2D eigenvalue weighted by Crippen LogP contribution is -2.49. The summed E-state index contributed by atoms with van der Waals surface area (Å²) in [6.45, 7) is 5.43. The van der Waals surface area contributed by atoms with Crippen LogP contribution in [-0.4, -0.2) is 60.5 Å². The number of rotatable bonds is 6. The summed E-state index contributed by atoms with van der Waals surface area (Å²) >= 11 is 2.93. The van der Waals surface area contributed by atoms with Gasteiger partial charge in [-0.3, -0.25) is 14.5 Å². The molecule has 0 saturated carbocycles. The van der Waals surface area contributed by atoms with E-state index in [1.165, 1.54) is 23.1 Å². The molecule has 1 aliphatic heterocycles. The molecule has 9 heteroatoms. The predicted octanol–water partition coefficient (Wildman–Crippen LogP) is 4.52. The lowest BCUT2D eigenvalue weighted by molar-refractivity contribution is 0.0628. The van der Waals surface area contributed by atoms with Crippen molar-refractivity contribution in [2.24, 2.45) is 0 Å². The Morgan fingerprint density at radius 2 is 1.77 bits per heavy atom. The number of piperazine rings is 1. The van der Waals surface area contributed by atoms with E-state index < -0.39 is 0 Å². The fraction of sp³-hybridized carbons (Fsp3) is 0.381. The van der Waals surface area contributed by atoms with E-state index in [0.717, 1.165) is 28.4 Å². The maximum atomic E-state index is 12.8. The average molecular weight is 486 g/mol. The normalized spacial score (nSPS) is 13.7. The Kier molecular flexibility index (Phi) is 10.9. The van der Waals surface area contributed by atoms with Gasteiger partial charge in [0.2, 0.25) is 0 Å². The predicted molar refractivity (Wildman–Crippen MR) is 128 cm³/mol. The number of hydrogen-bond donors (Lipinski definition) is 0. The topological polar surface area (TPSA) is 64.4 Å². The van der Waals surface area contributed by atoms with Crippen molar-refractivity contribution < 1.29 is 9.59 Å². The molecular formula is C21H25Cl2N3O2S2. The second-order valence-corrected chi connectivity index (χ2v) is 8.80. The van der Waals surface area contributed by atoms with E-state index in [9.17, 15) is 14.9 Å². The van der Waals surface area contributed by atoms with Crippen LogP contribution in [0.4, 0.5) is 0 Å². The van der Waals surface area contributed by atoms with Gasteiger partial charge < -0.3 is 4.90 Å². The van der Waals surface area contributed by atoms with Crippen LogP contribution in [0.3, 0.4) is 0 Å². The molecule has 0 unspecified atom stereocenters. The van der Waals surface area contributed by atoms with Crippen LogP contribution in [0.25, 0.3) is 0 Å². The highest BCUT2D eigenvalue weighted by Gasteiger charge is 2.24. The van der Waals surface area contributed by atoms with Crippen LogP contribution in [0.1, 0.15) is 37.6 Å². The molecule has 1 amide bonds. The van der Waals surface area contributed by atoms with Gasteiger partial charge in [0, 0.05) is 50.3 Å². The van der Waals surface area contributed by atoms with Gasteiger partial charge >= 0.3 is 0 Å². The number of Topliss-reactive ketones (excluding diaryl/α,β-unsaturated/α-hetero) is 1. The summed E-state index contributed by atoms with van der Waals surface area (Å²) < 4.78 is 0.928. The lowest BCUT2D eigenvalue weighted by Gasteiger charge is -2.34. The molecule has 30 heavy (non-hydrogen) atoms. The van der Waals surface area contributed by atoms with Crippen LogP contribution in [0.2, 0.25) is 0 Å². The molecular weight excluding hydrogens is 461 g/mol. The number of hydrogen-bond acceptors (Lipinski definition) is 6. The van der Waals surface area contributed by atoms with Crippen molar-refractivity contribution >= 4 is 59.6 Å². The lowest BCUT2D eigenvalue weighted by atomic mass is 10.1. The Labute approximate surface area is 198 Å². The molecule has 0 radical (unpaired) electrons. The number of carbonyl (C=O) groups excluding carboxylic acids is 2. The Balaban J connectivity index is 0.00000225. The van der Waals surface area contributed by atoms with Crippen molar-refractivity contribution in [2.75, 3.05) is 39.0 Å². The van der Waals surface area contributed by atoms with E-state index in [2.05, 4.69) is 11.0 Å². The minimum atomic E-state index is 0. The van der Waals surface area contributed by atoms with Gasteiger partial charge in [0.25, 0.3) is 5.91 Å². The van der Waals surface area contributed by atoms with Crippen LogP contribution < -0.4 is 0 Å². The number of nitriles is 1. The number of halogens is 2. The second kappa shape index (κ2) is 12.3. The van der Waals surface area contributed by atoms with Gasteiger partial charge in [-0.25, -0.2) is 0 Å². The minimum absolute atomic E-state index is 0. The highest BCUT2D eigenvalue weighted by atomic mass is 35.5. The molecule has 1 fully saturated rings. The zero-order valence-electron chi connectivity index (χ0n) is 16.9. The third kappa shape index (κ3) is 5.99. The van der Waals surface area contributed by atoms with Crippen LogP contribution in [-0.2, 0) is 0 Å². The zero-order chi connectivity index (χ0) is 20.1. The molecule has 0 N–H and O–H groups in total. The van der Waals surface area contributed by atoms with Crippen LogP contribution in [0.5, 0.6) is 0 Å². The molecule has 0 bridgehead atoms. The average Bonchev–Trinajstić information content (AvgIpc) is 3.08. The zero-order valence-corrected chi connectivity index (χ0v) is 20.2. The Morgan fingerprint density at radius 3 is 2.33 bits per heavy atom. The van der Waals surface area contributed by atoms with Gasteiger partial charge in [-0.15, -0.1) is 47.9 Å². The molecule has 0 aliphatic carbocycles. The minimum Gasteiger partial charge on any atom is -0.336 e. The first-order valence-corrected chi connectivity index (χ1v) is 11.3. The van der Waals surface area contributed by atoms with E-state index in [1.54, 1.807) is 0 Å². The third-order valence-corrected chi connectivity index (χ3v) is 7.33. The van der Waals surface area contributed by atoms with Gasteiger partial charge in [-0.2, -0.15) is 5.26 Å². The first-order chi connectivity index (χ1) is 13.5. The monoisotopic (exact) mass is 485 g/mol. The van der Waals surface area contributed by atoms with Gasteiger partial charge in [-0.1, -0.05) is 18.2 Å². The highest BCUT2D eigenvalue weighted by Crippen LogP contribution is 2.35. The van der Waals surface area contributed by atoms with E-state index in [4.69, 9.17) is 0 Å². The Morgan fingerprint density at radius 1 is 1.13 bits per heavy atom. The number of nitrogens with zero attached hydrogens (tertiary/aromatic N) is 3. The van der Waals surface area contributed by atoms with Crippen molar-refractivity contribution in [3.63, 3.8) is 0 Å². The van der Waals surface area contributed by atoms with Crippen LogP contribution in [0, 0.1) is 18.3 Å². The van der Waals surface area contributed by atoms with E-state index in [-0.39, 0.29) is 36.5 Å². The van der Waals surface area contributed by atoms with Crippen molar-refractivity contribution in [1.82, 2.24) is 9.80 Å². The number of thiophene rings is 1. The molecule has 3 rings (SSSR count). The van der Waals surface area contributed by atoms with Crippen molar-refractivity contribution in [3.8, 4) is 6.07 Å². The SMILES string of the molecule is CSc1sc(C#N)c(C)c1C(=O)CCN1CCN(C(=O)c2ccccc2)CC1.Cl.Cl. The fourth-order valence-electron chi connectivity index (χ4n) is 3.38. The summed E-state index contributed by atoms with van der Waals surface area (Å²) in [4.78, 5) is 30.0. The molecule has 5 nitrogen and oxygen atoms in total. The molecule has 0 atom stereocenters. The summed E-state index contributed by atoms with van der Waals surface area (Å²) in [5.74, 6) is 0.168. The van der Waals surface area contributed by atoms with Crippen molar-refractivity contribution in [3.05, 3.63) is 51.9 Å². The van der Waals surface area contributed by atoms with E-state index in [0.29, 0.717) is 36.5 Å². The van der Waals surface area contributed by atoms with E-state index in [1.807, 2.05) is 48.4 Å². The van der Waals surface area contributed by atoms with Crippen molar-refractivity contribution in [1.29, 1.82) is 5.26 Å². The van der Waals surface area contributed by atoms with Gasteiger partial charge in [0.15, 0.2) is 5.78 Å². The maximum Gasteiger partial charge on any atom is 0.253 e. The van der Waals surface area contributed by atoms with Crippen LogP contribution >= 0.6 is 47.9 Å². The molecule has 2 heterocycles. The number of amides is 1. The smallest absolute Gasteiger partial charge is 0.253 e. The standard InChI is InChI=1S/C21H23N3O2S2.2ClH/c1-15-18(14-22)28-21(27-2)19(15)17(25)8-9-23-10-12-24(13-11-23)20(26)16-6-4-3-5-7-16;;/h3-7H,8-13H2,1-2H3;2*1H. The maximum absolute atomic E-state index is 12.8. The molecule has 162 valence electrons.